The Balaban J connectivity index is 1.52. The lowest BCUT2D eigenvalue weighted by Crippen LogP contribution is -2.46. The maximum Gasteiger partial charge on any atom is 0.219 e. The second-order valence-corrected chi connectivity index (χ2v) is 8.43. The van der Waals surface area contributed by atoms with Gasteiger partial charge in [-0.1, -0.05) is 6.07 Å². The van der Waals surface area contributed by atoms with Crippen molar-refractivity contribution in [1.29, 1.82) is 0 Å². The van der Waals surface area contributed by atoms with Crippen LogP contribution < -0.4 is 9.47 Å². The number of benzene rings is 1. The first-order valence-electron chi connectivity index (χ1n) is 10.8. The first kappa shape index (κ1) is 20.7. The van der Waals surface area contributed by atoms with Gasteiger partial charge in [-0.05, 0) is 56.1 Å². The molecule has 0 radical (unpaired) electrons. The largest absolute Gasteiger partial charge is 0.497 e. The predicted molar refractivity (Wildman–Crippen MR) is 115 cm³/mol. The maximum atomic E-state index is 12.3. The summed E-state index contributed by atoms with van der Waals surface area (Å²) in [4.78, 5) is 21.3. The summed E-state index contributed by atoms with van der Waals surface area (Å²) < 4.78 is 11.9. The first-order valence-corrected chi connectivity index (χ1v) is 10.8. The van der Waals surface area contributed by atoms with Gasteiger partial charge in [0.15, 0.2) is 0 Å². The van der Waals surface area contributed by atoms with E-state index in [9.17, 15) is 4.79 Å². The number of likely N-dealkylation sites (tertiary alicyclic amines) is 1. The molecule has 2 atom stereocenters. The van der Waals surface area contributed by atoms with Gasteiger partial charge in [0.2, 0.25) is 5.91 Å². The van der Waals surface area contributed by atoms with Gasteiger partial charge in [0, 0.05) is 44.2 Å². The third kappa shape index (κ3) is 4.59. The molecule has 30 heavy (non-hydrogen) atoms. The van der Waals surface area contributed by atoms with Crippen LogP contribution in [-0.4, -0.2) is 53.5 Å². The molecular formula is C24H31N3O3. The van der Waals surface area contributed by atoms with Crippen molar-refractivity contribution in [1.82, 2.24) is 14.8 Å². The van der Waals surface area contributed by atoms with E-state index < -0.39 is 0 Å². The fourth-order valence-corrected chi connectivity index (χ4v) is 4.53. The average molecular weight is 410 g/mol. The number of hydrogen-bond acceptors (Lipinski definition) is 5. The fourth-order valence-electron chi connectivity index (χ4n) is 4.53. The van der Waals surface area contributed by atoms with Gasteiger partial charge in [0.1, 0.15) is 17.6 Å². The Labute approximate surface area is 178 Å². The number of nitrogens with zero attached hydrogens (tertiary/aromatic N) is 3. The van der Waals surface area contributed by atoms with Crippen LogP contribution >= 0.6 is 0 Å². The van der Waals surface area contributed by atoms with Crippen LogP contribution in [0.25, 0.3) is 0 Å². The molecular weight excluding hydrogens is 378 g/mol. The first-order chi connectivity index (χ1) is 14.5. The van der Waals surface area contributed by atoms with E-state index >= 15 is 0 Å². The Morgan fingerprint density at radius 1 is 1.30 bits per heavy atom. The molecule has 0 aliphatic carbocycles. The van der Waals surface area contributed by atoms with Gasteiger partial charge >= 0.3 is 0 Å². The zero-order valence-corrected chi connectivity index (χ0v) is 18.1. The number of methoxy groups -OCH3 is 1. The van der Waals surface area contributed by atoms with Crippen LogP contribution in [0.15, 0.2) is 36.5 Å². The van der Waals surface area contributed by atoms with E-state index in [1.165, 1.54) is 5.56 Å². The van der Waals surface area contributed by atoms with E-state index in [4.69, 9.17) is 9.47 Å². The number of amides is 1. The molecule has 6 heteroatoms. The summed E-state index contributed by atoms with van der Waals surface area (Å²) in [5.74, 6) is 2.10. The summed E-state index contributed by atoms with van der Waals surface area (Å²) in [5, 5.41) is 0. The molecule has 4 rings (SSSR count). The molecule has 160 valence electrons. The Morgan fingerprint density at radius 3 is 2.93 bits per heavy atom. The summed E-state index contributed by atoms with van der Waals surface area (Å²) in [6, 6.07) is 9.98. The molecule has 1 aromatic heterocycles. The summed E-state index contributed by atoms with van der Waals surface area (Å²) >= 11 is 0. The zero-order chi connectivity index (χ0) is 21.1. The number of fused-ring (bicyclic) bond motifs is 1. The molecule has 1 saturated heterocycles. The van der Waals surface area contributed by atoms with Crippen molar-refractivity contribution in [2.45, 2.75) is 45.9 Å². The number of hydrogen-bond donors (Lipinski definition) is 0. The van der Waals surface area contributed by atoms with E-state index in [2.05, 4.69) is 22.9 Å². The number of pyridine rings is 1. The van der Waals surface area contributed by atoms with E-state index in [1.54, 1.807) is 14.0 Å². The molecule has 1 fully saturated rings. The van der Waals surface area contributed by atoms with Gasteiger partial charge in [-0.3, -0.25) is 14.7 Å². The number of piperidine rings is 1. The molecule has 6 nitrogen and oxygen atoms in total. The van der Waals surface area contributed by atoms with Crippen molar-refractivity contribution in [3.8, 4) is 11.5 Å². The van der Waals surface area contributed by atoms with Gasteiger partial charge in [0.05, 0.1) is 19.3 Å². The third-order valence-electron chi connectivity index (χ3n) is 6.31. The molecule has 2 aliphatic heterocycles. The SMILES string of the molecule is COc1ccc2c(c1)CN(C(C)=O)C[C@@H]([C@@H]1CCCN(Cc3ncccc3C)C1)O2. The quantitative estimate of drug-likeness (QED) is 0.775. The molecule has 0 spiro atoms. The monoisotopic (exact) mass is 409 g/mol. The number of aromatic nitrogens is 1. The van der Waals surface area contributed by atoms with Crippen LogP contribution in [-0.2, 0) is 17.9 Å². The molecule has 1 aromatic carbocycles. The van der Waals surface area contributed by atoms with Crippen molar-refractivity contribution in [3.63, 3.8) is 0 Å². The standard InChI is InChI=1S/C24H31N3O3/c1-17-6-4-10-25-22(17)15-26-11-5-7-19(13-26)24-16-27(18(2)28)14-20-12-21(29-3)8-9-23(20)30-24/h4,6,8-10,12,19,24H,5,7,11,13-16H2,1-3H3/t19-,24+/m1/s1. The van der Waals surface area contributed by atoms with Crippen LogP contribution in [0, 0.1) is 12.8 Å². The summed E-state index contributed by atoms with van der Waals surface area (Å²) in [6.45, 7) is 7.82. The highest BCUT2D eigenvalue weighted by Gasteiger charge is 2.33. The van der Waals surface area contributed by atoms with Gasteiger partial charge in [0.25, 0.3) is 0 Å². The normalized spacial score (nSPS) is 22.0. The molecule has 0 saturated carbocycles. The van der Waals surface area contributed by atoms with Crippen molar-refractivity contribution in [2.75, 3.05) is 26.7 Å². The highest BCUT2D eigenvalue weighted by molar-refractivity contribution is 5.73. The number of carbonyl (C=O) groups is 1. The Morgan fingerprint density at radius 2 is 2.17 bits per heavy atom. The van der Waals surface area contributed by atoms with Crippen molar-refractivity contribution in [2.24, 2.45) is 5.92 Å². The van der Waals surface area contributed by atoms with E-state index in [0.717, 1.165) is 55.2 Å². The summed E-state index contributed by atoms with van der Waals surface area (Å²) in [5.41, 5.74) is 3.38. The fraction of sp³-hybridized carbons (Fsp3) is 0.500. The lowest BCUT2D eigenvalue weighted by molar-refractivity contribution is -0.130. The van der Waals surface area contributed by atoms with Gasteiger partial charge in [-0.25, -0.2) is 0 Å². The highest BCUT2D eigenvalue weighted by Crippen LogP contribution is 2.33. The molecule has 2 aromatic rings. The average Bonchev–Trinajstić information content (AvgIpc) is 2.95. The van der Waals surface area contributed by atoms with Gasteiger partial charge in [-0.2, -0.15) is 0 Å². The third-order valence-corrected chi connectivity index (χ3v) is 6.31. The van der Waals surface area contributed by atoms with Crippen LogP contribution in [0.5, 0.6) is 11.5 Å². The maximum absolute atomic E-state index is 12.3. The number of rotatable bonds is 4. The second kappa shape index (κ2) is 9.04. The van der Waals surface area contributed by atoms with Crippen molar-refractivity contribution >= 4 is 5.91 Å². The van der Waals surface area contributed by atoms with Crippen LogP contribution in [0.4, 0.5) is 0 Å². The molecule has 0 N–H and O–H groups in total. The minimum absolute atomic E-state index is 0.0174. The Kier molecular flexibility index (Phi) is 6.23. The zero-order valence-electron chi connectivity index (χ0n) is 18.1. The topological polar surface area (TPSA) is 54.9 Å². The van der Waals surface area contributed by atoms with Gasteiger partial charge in [-0.15, -0.1) is 0 Å². The molecule has 0 bridgehead atoms. The van der Waals surface area contributed by atoms with Crippen molar-refractivity contribution in [3.05, 3.63) is 53.3 Å². The number of aryl methyl sites for hydroxylation is 1. The van der Waals surface area contributed by atoms with E-state index in [-0.39, 0.29) is 12.0 Å². The minimum atomic E-state index is -0.0174. The Hall–Kier alpha value is -2.60. The van der Waals surface area contributed by atoms with Crippen molar-refractivity contribution < 1.29 is 14.3 Å². The highest BCUT2D eigenvalue weighted by atomic mass is 16.5. The molecule has 3 heterocycles. The molecule has 1 amide bonds. The second-order valence-electron chi connectivity index (χ2n) is 8.43. The molecule has 0 unspecified atom stereocenters. The number of ether oxygens (including phenoxy) is 2. The van der Waals surface area contributed by atoms with Crippen LogP contribution in [0.2, 0.25) is 0 Å². The predicted octanol–water partition coefficient (Wildman–Crippen LogP) is 3.42. The summed E-state index contributed by atoms with van der Waals surface area (Å²) in [6.07, 6.45) is 4.09. The summed E-state index contributed by atoms with van der Waals surface area (Å²) in [7, 11) is 1.66. The lowest BCUT2D eigenvalue weighted by Gasteiger charge is -2.37. The number of carbonyl (C=O) groups excluding carboxylic acids is 1. The smallest absolute Gasteiger partial charge is 0.219 e. The molecule has 2 aliphatic rings. The van der Waals surface area contributed by atoms with Crippen LogP contribution in [0.3, 0.4) is 0 Å². The van der Waals surface area contributed by atoms with Gasteiger partial charge < -0.3 is 14.4 Å². The minimum Gasteiger partial charge on any atom is -0.497 e. The Bertz CT molecular complexity index is 901. The van der Waals surface area contributed by atoms with Crippen LogP contribution in [0.1, 0.15) is 36.6 Å². The van der Waals surface area contributed by atoms with E-state index in [0.29, 0.717) is 19.0 Å². The van der Waals surface area contributed by atoms with E-state index in [1.807, 2.05) is 35.4 Å². The lowest BCUT2D eigenvalue weighted by atomic mass is 9.91.